The van der Waals surface area contributed by atoms with Gasteiger partial charge in [-0.15, -0.1) is 0 Å². The molecule has 0 aromatic carbocycles. The molecule has 0 atom stereocenters. The van der Waals surface area contributed by atoms with Crippen molar-refractivity contribution < 1.29 is 13.2 Å². The number of ether oxygens (including phenoxy) is 1. The SMILES string of the molecule is COc1cc(C#N)cc(S(=O)(=O)Cl)n1. The van der Waals surface area contributed by atoms with Crippen molar-refractivity contribution in [1.29, 1.82) is 5.26 Å². The van der Waals surface area contributed by atoms with Crippen LogP contribution in [0.25, 0.3) is 0 Å². The van der Waals surface area contributed by atoms with E-state index in [0.29, 0.717) is 0 Å². The van der Waals surface area contributed by atoms with Crippen LogP contribution in [-0.2, 0) is 9.05 Å². The molecule has 0 radical (unpaired) electrons. The molecule has 7 heteroatoms. The topological polar surface area (TPSA) is 80.0 Å². The second-order valence-electron chi connectivity index (χ2n) is 2.29. The molecule has 0 fully saturated rings. The number of hydrogen-bond donors (Lipinski definition) is 0. The van der Waals surface area contributed by atoms with E-state index in [9.17, 15) is 8.42 Å². The van der Waals surface area contributed by atoms with Gasteiger partial charge in [0.25, 0.3) is 9.05 Å². The molecule has 0 amide bonds. The average molecular weight is 233 g/mol. The van der Waals surface area contributed by atoms with Gasteiger partial charge >= 0.3 is 0 Å². The van der Waals surface area contributed by atoms with Gasteiger partial charge in [0.15, 0.2) is 5.03 Å². The summed E-state index contributed by atoms with van der Waals surface area (Å²) in [6, 6.07) is 4.16. The van der Waals surface area contributed by atoms with Crippen LogP contribution in [0.5, 0.6) is 5.88 Å². The summed E-state index contributed by atoms with van der Waals surface area (Å²) in [7, 11) is 2.44. The van der Waals surface area contributed by atoms with Gasteiger partial charge in [-0.25, -0.2) is 13.4 Å². The number of aromatic nitrogens is 1. The molecule has 0 saturated heterocycles. The monoisotopic (exact) mass is 232 g/mol. The van der Waals surface area contributed by atoms with E-state index in [0.717, 1.165) is 6.07 Å². The summed E-state index contributed by atoms with van der Waals surface area (Å²) in [5.41, 5.74) is 0.121. The molecular weight excluding hydrogens is 228 g/mol. The summed E-state index contributed by atoms with van der Waals surface area (Å²) >= 11 is 0. The Labute approximate surface area is 85.3 Å². The van der Waals surface area contributed by atoms with Crippen molar-refractivity contribution in [2.45, 2.75) is 5.03 Å². The van der Waals surface area contributed by atoms with Crippen molar-refractivity contribution >= 4 is 19.7 Å². The molecule has 0 aliphatic carbocycles. The molecule has 0 aliphatic rings. The molecule has 74 valence electrons. The fourth-order valence-electron chi connectivity index (χ4n) is 0.775. The first-order chi connectivity index (χ1) is 6.47. The molecule has 1 rings (SSSR count). The van der Waals surface area contributed by atoms with Crippen LogP contribution in [0.2, 0.25) is 0 Å². The summed E-state index contributed by atoms with van der Waals surface area (Å²) in [5.74, 6) is 0.0308. The zero-order valence-electron chi connectivity index (χ0n) is 7.06. The van der Waals surface area contributed by atoms with Gasteiger partial charge in [-0.2, -0.15) is 5.26 Å². The highest BCUT2D eigenvalue weighted by molar-refractivity contribution is 8.13. The molecule has 5 nitrogen and oxygen atoms in total. The van der Waals surface area contributed by atoms with Crippen LogP contribution >= 0.6 is 10.7 Å². The van der Waals surface area contributed by atoms with Crippen LogP contribution in [0, 0.1) is 11.3 Å². The summed E-state index contributed by atoms with van der Waals surface area (Å²) in [5, 5.41) is 8.18. The summed E-state index contributed by atoms with van der Waals surface area (Å²) < 4.78 is 26.5. The lowest BCUT2D eigenvalue weighted by atomic mass is 10.3. The largest absolute Gasteiger partial charge is 0.481 e. The Morgan fingerprint density at radius 1 is 1.57 bits per heavy atom. The van der Waals surface area contributed by atoms with E-state index in [2.05, 4.69) is 4.98 Å². The third-order valence-corrected chi connectivity index (χ3v) is 2.55. The van der Waals surface area contributed by atoms with Crippen LogP contribution in [0.15, 0.2) is 17.2 Å². The predicted molar refractivity (Wildman–Crippen MR) is 48.5 cm³/mol. The zero-order chi connectivity index (χ0) is 10.8. The third-order valence-electron chi connectivity index (χ3n) is 1.37. The maximum atomic E-state index is 10.9. The van der Waals surface area contributed by atoms with Gasteiger partial charge in [0.05, 0.1) is 18.7 Å². The van der Waals surface area contributed by atoms with E-state index >= 15 is 0 Å². The second kappa shape index (κ2) is 3.82. The lowest BCUT2D eigenvalue weighted by Gasteiger charge is -2.01. The lowest BCUT2D eigenvalue weighted by Crippen LogP contribution is -1.98. The minimum Gasteiger partial charge on any atom is -0.481 e. The number of nitriles is 1. The minimum absolute atomic E-state index is 0.0308. The van der Waals surface area contributed by atoms with Crippen molar-refractivity contribution in [1.82, 2.24) is 4.98 Å². The van der Waals surface area contributed by atoms with E-state index in [1.165, 1.54) is 13.2 Å². The molecule has 0 unspecified atom stereocenters. The molecule has 1 aromatic heterocycles. The lowest BCUT2D eigenvalue weighted by molar-refractivity contribution is 0.393. The molecule has 0 bridgehead atoms. The van der Waals surface area contributed by atoms with E-state index in [-0.39, 0.29) is 11.4 Å². The Morgan fingerprint density at radius 2 is 2.21 bits per heavy atom. The summed E-state index contributed by atoms with van der Waals surface area (Å²) in [6.07, 6.45) is 0. The molecule has 1 aromatic rings. The molecule has 0 N–H and O–H groups in total. The molecular formula is C7H5ClN2O3S. The Balaban J connectivity index is 3.41. The van der Waals surface area contributed by atoms with Gasteiger partial charge < -0.3 is 4.74 Å². The van der Waals surface area contributed by atoms with E-state index in [4.69, 9.17) is 20.7 Å². The first kappa shape index (κ1) is 10.8. The number of hydrogen-bond acceptors (Lipinski definition) is 5. The van der Waals surface area contributed by atoms with E-state index < -0.39 is 14.1 Å². The highest BCUT2D eigenvalue weighted by Crippen LogP contribution is 2.18. The van der Waals surface area contributed by atoms with Crippen LogP contribution in [0.1, 0.15) is 5.56 Å². The first-order valence-corrected chi connectivity index (χ1v) is 5.69. The molecule has 0 aliphatic heterocycles. The van der Waals surface area contributed by atoms with Crippen LogP contribution in [0.4, 0.5) is 0 Å². The van der Waals surface area contributed by atoms with Crippen molar-refractivity contribution in [3.8, 4) is 11.9 Å². The minimum atomic E-state index is -3.94. The fourth-order valence-corrected chi connectivity index (χ4v) is 1.48. The smallest absolute Gasteiger partial charge is 0.278 e. The highest BCUT2D eigenvalue weighted by atomic mass is 35.7. The van der Waals surface area contributed by atoms with Gasteiger partial charge in [0.2, 0.25) is 5.88 Å². The van der Waals surface area contributed by atoms with Crippen molar-refractivity contribution in [2.24, 2.45) is 0 Å². The van der Waals surface area contributed by atoms with Gasteiger partial charge in [0.1, 0.15) is 0 Å². The van der Waals surface area contributed by atoms with Crippen molar-refractivity contribution in [3.63, 3.8) is 0 Å². The maximum absolute atomic E-state index is 10.9. The third kappa shape index (κ3) is 2.34. The van der Waals surface area contributed by atoms with Gasteiger partial charge in [-0.05, 0) is 6.07 Å². The van der Waals surface area contributed by atoms with Crippen molar-refractivity contribution in [3.05, 3.63) is 17.7 Å². The number of pyridine rings is 1. The van der Waals surface area contributed by atoms with E-state index in [1.54, 1.807) is 6.07 Å². The fraction of sp³-hybridized carbons (Fsp3) is 0.143. The Kier molecular flexibility index (Phi) is 2.93. The molecule has 14 heavy (non-hydrogen) atoms. The van der Waals surface area contributed by atoms with Gasteiger partial charge in [0, 0.05) is 16.7 Å². The van der Waals surface area contributed by atoms with Crippen molar-refractivity contribution in [2.75, 3.05) is 7.11 Å². The average Bonchev–Trinajstić information content (AvgIpc) is 2.15. The maximum Gasteiger partial charge on any atom is 0.278 e. The first-order valence-electron chi connectivity index (χ1n) is 3.38. The van der Waals surface area contributed by atoms with Gasteiger partial charge in [-0.1, -0.05) is 0 Å². The zero-order valence-corrected chi connectivity index (χ0v) is 8.63. The summed E-state index contributed by atoms with van der Waals surface area (Å²) in [6.45, 7) is 0. The Hall–Kier alpha value is -1.32. The Bertz CT molecular complexity index is 492. The number of methoxy groups -OCH3 is 1. The van der Waals surface area contributed by atoms with Crippen LogP contribution < -0.4 is 4.74 Å². The van der Waals surface area contributed by atoms with Crippen LogP contribution in [-0.4, -0.2) is 20.5 Å². The molecule has 0 saturated carbocycles. The normalized spacial score (nSPS) is 10.6. The van der Waals surface area contributed by atoms with Crippen LogP contribution in [0.3, 0.4) is 0 Å². The highest BCUT2D eigenvalue weighted by Gasteiger charge is 2.14. The summed E-state index contributed by atoms with van der Waals surface area (Å²) in [4.78, 5) is 3.58. The molecule has 0 spiro atoms. The van der Waals surface area contributed by atoms with E-state index in [1.807, 2.05) is 0 Å². The Morgan fingerprint density at radius 3 is 2.64 bits per heavy atom. The standard InChI is InChI=1S/C7H5ClN2O3S/c1-13-6-2-5(4-9)3-7(10-6)14(8,11)12/h2-3H,1H3. The number of nitrogens with zero attached hydrogens (tertiary/aromatic N) is 2. The predicted octanol–water partition coefficient (Wildman–Crippen LogP) is 0.889. The molecule has 1 heterocycles. The quantitative estimate of drug-likeness (QED) is 0.708. The number of halogens is 1. The number of rotatable bonds is 2. The second-order valence-corrected chi connectivity index (χ2v) is 4.80. The van der Waals surface area contributed by atoms with Gasteiger partial charge in [-0.3, -0.25) is 0 Å².